The second-order valence-corrected chi connectivity index (χ2v) is 8.25. The minimum atomic E-state index is -0.418. The van der Waals surface area contributed by atoms with Crippen molar-refractivity contribution < 1.29 is 5.11 Å². The van der Waals surface area contributed by atoms with Gasteiger partial charge in [-0.3, -0.25) is 13.9 Å². The highest BCUT2D eigenvalue weighted by Gasteiger charge is 2.20. The first-order valence-electron chi connectivity index (χ1n) is 9.84. The van der Waals surface area contributed by atoms with Gasteiger partial charge in [-0.1, -0.05) is 47.5 Å². The Hall–Kier alpha value is -2.80. The van der Waals surface area contributed by atoms with E-state index in [-0.39, 0.29) is 18.7 Å². The first kappa shape index (κ1) is 21.4. The number of aryl methyl sites for hydroxylation is 1. The van der Waals surface area contributed by atoms with Crippen LogP contribution in [0.5, 0.6) is 0 Å². The summed E-state index contributed by atoms with van der Waals surface area (Å²) in [7, 11) is 1.65. The van der Waals surface area contributed by atoms with Crippen LogP contribution < -0.4 is 11.2 Å². The number of aliphatic hydroxyl groups is 1. The van der Waals surface area contributed by atoms with Gasteiger partial charge in [0.25, 0.3) is 5.56 Å². The number of benzene rings is 2. The Morgan fingerprint density at radius 2 is 1.71 bits per heavy atom. The van der Waals surface area contributed by atoms with Crippen molar-refractivity contribution in [2.45, 2.75) is 19.5 Å². The van der Waals surface area contributed by atoms with E-state index in [0.29, 0.717) is 34.0 Å². The van der Waals surface area contributed by atoms with E-state index in [4.69, 9.17) is 23.2 Å². The summed E-state index contributed by atoms with van der Waals surface area (Å²) in [6, 6.07) is 14.7. The highest BCUT2D eigenvalue weighted by Crippen LogP contribution is 2.30. The minimum absolute atomic E-state index is 0.104. The quantitative estimate of drug-likeness (QED) is 0.477. The molecule has 0 saturated carbocycles. The average Bonchev–Trinajstić information content (AvgIpc) is 3.13. The molecule has 0 atom stereocenters. The number of nitrogens with zero attached hydrogens (tertiary/aromatic N) is 3. The van der Waals surface area contributed by atoms with Gasteiger partial charge in [-0.25, -0.2) is 4.79 Å². The van der Waals surface area contributed by atoms with Crippen LogP contribution >= 0.6 is 23.2 Å². The summed E-state index contributed by atoms with van der Waals surface area (Å²) in [4.78, 5) is 26.3. The molecule has 0 radical (unpaired) electrons. The van der Waals surface area contributed by atoms with Gasteiger partial charge in [0.05, 0.1) is 5.52 Å². The first-order valence-corrected chi connectivity index (χ1v) is 10.6. The van der Waals surface area contributed by atoms with E-state index in [1.54, 1.807) is 25.2 Å². The summed E-state index contributed by atoms with van der Waals surface area (Å²) in [6.07, 6.45) is 2.20. The van der Waals surface area contributed by atoms with E-state index >= 15 is 0 Å². The van der Waals surface area contributed by atoms with Crippen molar-refractivity contribution >= 4 is 34.2 Å². The summed E-state index contributed by atoms with van der Waals surface area (Å²) in [5, 5.41) is 10.4. The van der Waals surface area contributed by atoms with Crippen LogP contribution in [0.1, 0.15) is 12.0 Å². The molecule has 0 amide bonds. The lowest BCUT2D eigenvalue weighted by Crippen LogP contribution is -2.39. The van der Waals surface area contributed by atoms with Crippen molar-refractivity contribution in [1.29, 1.82) is 0 Å². The number of rotatable bonds is 6. The molecule has 4 aromatic rings. The molecule has 4 rings (SSSR count). The summed E-state index contributed by atoms with van der Waals surface area (Å²) in [6.45, 7) is 0.478. The zero-order chi connectivity index (χ0) is 22.1. The van der Waals surface area contributed by atoms with Crippen molar-refractivity contribution in [3.05, 3.63) is 91.2 Å². The summed E-state index contributed by atoms with van der Waals surface area (Å²) in [5.74, 6) is 0. The fourth-order valence-corrected chi connectivity index (χ4v) is 4.12. The van der Waals surface area contributed by atoms with Crippen molar-refractivity contribution in [3.8, 4) is 11.1 Å². The molecule has 2 heterocycles. The number of hydrogen-bond donors (Lipinski definition) is 1. The topological polar surface area (TPSA) is 69.2 Å². The third-order valence-corrected chi connectivity index (χ3v) is 5.78. The van der Waals surface area contributed by atoms with Crippen molar-refractivity contribution in [2.24, 2.45) is 7.05 Å². The van der Waals surface area contributed by atoms with E-state index in [0.717, 1.165) is 16.7 Å². The molecule has 0 aliphatic carbocycles. The van der Waals surface area contributed by atoms with E-state index < -0.39 is 5.69 Å². The average molecular weight is 458 g/mol. The molecular weight excluding hydrogens is 437 g/mol. The molecule has 160 valence electrons. The van der Waals surface area contributed by atoms with Crippen LogP contribution in [-0.2, 0) is 20.1 Å². The van der Waals surface area contributed by atoms with E-state index in [1.165, 1.54) is 9.13 Å². The number of halogens is 2. The Morgan fingerprint density at radius 3 is 2.39 bits per heavy atom. The third-order valence-electron chi connectivity index (χ3n) is 5.29. The molecule has 0 fully saturated rings. The van der Waals surface area contributed by atoms with Crippen LogP contribution in [0, 0.1) is 0 Å². The largest absolute Gasteiger partial charge is 0.396 e. The van der Waals surface area contributed by atoms with Crippen molar-refractivity contribution in [1.82, 2.24) is 13.7 Å². The maximum atomic E-state index is 13.4. The normalized spacial score (nSPS) is 11.4. The molecule has 6 nitrogen and oxygen atoms in total. The van der Waals surface area contributed by atoms with Gasteiger partial charge in [-0.05, 0) is 41.8 Å². The Balaban J connectivity index is 2.01. The maximum Gasteiger partial charge on any atom is 0.331 e. The molecule has 0 saturated heterocycles. The van der Waals surface area contributed by atoms with Crippen LogP contribution in [-0.4, -0.2) is 25.4 Å². The monoisotopic (exact) mass is 457 g/mol. The maximum absolute atomic E-state index is 13.4. The van der Waals surface area contributed by atoms with E-state index in [9.17, 15) is 14.7 Å². The lowest BCUT2D eigenvalue weighted by molar-refractivity contribution is 0.277. The predicted molar refractivity (Wildman–Crippen MR) is 124 cm³/mol. The van der Waals surface area contributed by atoms with Gasteiger partial charge in [0, 0.05) is 48.5 Å². The van der Waals surface area contributed by atoms with Crippen LogP contribution in [0.15, 0.2) is 64.3 Å². The molecule has 2 aromatic carbocycles. The van der Waals surface area contributed by atoms with E-state index in [2.05, 4.69) is 0 Å². The Labute approximate surface area is 188 Å². The van der Waals surface area contributed by atoms with Gasteiger partial charge in [0.2, 0.25) is 0 Å². The SMILES string of the molecule is Cn1c(=O)n(CCCO)c(=O)c2c1c(-c1cccc(Cl)c1)cn2Cc1ccc(Cl)cc1. The lowest BCUT2D eigenvalue weighted by Gasteiger charge is -2.11. The predicted octanol–water partition coefficient (Wildman–Crippen LogP) is 3.91. The molecule has 2 aromatic heterocycles. The minimum Gasteiger partial charge on any atom is -0.396 e. The Kier molecular flexibility index (Phi) is 6.05. The number of hydrogen-bond acceptors (Lipinski definition) is 3. The van der Waals surface area contributed by atoms with Crippen molar-refractivity contribution in [3.63, 3.8) is 0 Å². The van der Waals surface area contributed by atoms with Gasteiger partial charge in [0.1, 0.15) is 5.52 Å². The lowest BCUT2D eigenvalue weighted by atomic mass is 10.1. The molecule has 0 bridgehead atoms. The smallest absolute Gasteiger partial charge is 0.331 e. The standard InChI is InChI=1S/C23H21Cl2N3O3/c1-26-20-19(16-4-2-5-18(25)12-16)14-27(13-15-6-8-17(24)9-7-15)21(20)22(30)28(23(26)31)10-3-11-29/h2,4-9,12,14,29H,3,10-11,13H2,1H3. The van der Waals surface area contributed by atoms with Gasteiger partial charge in [-0.15, -0.1) is 0 Å². The summed E-state index contributed by atoms with van der Waals surface area (Å²) in [5.41, 5.74) is 2.70. The second kappa shape index (κ2) is 8.75. The zero-order valence-electron chi connectivity index (χ0n) is 16.9. The number of fused-ring (bicyclic) bond motifs is 1. The van der Waals surface area contributed by atoms with Gasteiger partial charge in [-0.2, -0.15) is 0 Å². The van der Waals surface area contributed by atoms with Crippen molar-refractivity contribution in [2.75, 3.05) is 6.61 Å². The molecule has 1 N–H and O–H groups in total. The molecule has 31 heavy (non-hydrogen) atoms. The molecule has 0 aliphatic rings. The molecule has 0 aliphatic heterocycles. The van der Waals surface area contributed by atoms with Gasteiger partial charge < -0.3 is 9.67 Å². The van der Waals surface area contributed by atoms with E-state index in [1.807, 2.05) is 41.1 Å². The van der Waals surface area contributed by atoms with Crippen LogP contribution in [0.4, 0.5) is 0 Å². The second-order valence-electron chi connectivity index (χ2n) is 7.38. The molecule has 8 heteroatoms. The molecule has 0 unspecified atom stereocenters. The zero-order valence-corrected chi connectivity index (χ0v) is 18.4. The van der Waals surface area contributed by atoms with Crippen LogP contribution in [0.2, 0.25) is 10.0 Å². The Bertz CT molecular complexity index is 1370. The number of aromatic nitrogens is 3. The van der Waals surface area contributed by atoms with Gasteiger partial charge in [0.15, 0.2) is 0 Å². The first-order chi connectivity index (χ1) is 14.9. The van der Waals surface area contributed by atoms with Gasteiger partial charge >= 0.3 is 5.69 Å². The van der Waals surface area contributed by atoms with Crippen LogP contribution in [0.25, 0.3) is 22.2 Å². The number of aliphatic hydroxyl groups excluding tert-OH is 1. The Morgan fingerprint density at radius 1 is 0.968 bits per heavy atom. The molecule has 0 spiro atoms. The molecular formula is C23H21Cl2N3O3. The van der Waals surface area contributed by atoms with Crippen LogP contribution in [0.3, 0.4) is 0 Å². The fraction of sp³-hybridized carbons (Fsp3) is 0.217. The summed E-state index contributed by atoms with van der Waals surface area (Å²) >= 11 is 12.2. The highest BCUT2D eigenvalue weighted by atomic mass is 35.5. The summed E-state index contributed by atoms with van der Waals surface area (Å²) < 4.78 is 4.52. The highest BCUT2D eigenvalue weighted by molar-refractivity contribution is 6.31. The third kappa shape index (κ3) is 4.06. The fourth-order valence-electron chi connectivity index (χ4n) is 3.80.